The molecule has 2 aromatic carbocycles. The van der Waals surface area contributed by atoms with Crippen molar-refractivity contribution >= 4 is 6.29 Å². The Labute approximate surface area is 123 Å². The molecule has 0 atom stereocenters. The summed E-state index contributed by atoms with van der Waals surface area (Å²) in [5.41, 5.74) is 1.80. The lowest BCUT2D eigenvalue weighted by atomic mass is 10.2. The van der Waals surface area contributed by atoms with Gasteiger partial charge in [0.05, 0.1) is 0 Å². The summed E-state index contributed by atoms with van der Waals surface area (Å²) < 4.78 is 39.6. The first kappa shape index (κ1) is 17.1. The Kier molecular flexibility index (Phi) is 6.29. The van der Waals surface area contributed by atoms with Crippen LogP contribution in [0, 0.1) is 17.2 Å². The summed E-state index contributed by atoms with van der Waals surface area (Å²) in [7, 11) is -4.94. The predicted octanol–water partition coefficient (Wildman–Crippen LogP) is -1.16. The first-order chi connectivity index (χ1) is 9.78. The quantitative estimate of drug-likeness (QED) is 0.660. The van der Waals surface area contributed by atoms with Gasteiger partial charge in [-0.1, -0.05) is 12.1 Å². The molecule has 2 aromatic rings. The maximum absolute atomic E-state index is 10.5. The van der Waals surface area contributed by atoms with Crippen LogP contribution in [0.15, 0.2) is 48.5 Å². The van der Waals surface area contributed by atoms with Crippen molar-refractivity contribution in [1.82, 2.24) is 0 Å². The average Bonchev–Trinajstić information content (AvgIpc) is 2.38. The van der Waals surface area contributed by atoms with Crippen LogP contribution in [0.25, 0.3) is 0 Å². The Morgan fingerprint density at radius 1 is 0.952 bits per heavy atom. The number of benzene rings is 2. The molecule has 0 unspecified atom stereocenters. The van der Waals surface area contributed by atoms with Gasteiger partial charge in [-0.2, -0.15) is 0 Å². The van der Waals surface area contributed by atoms with Gasteiger partial charge in [0.2, 0.25) is 0 Å². The van der Waals surface area contributed by atoms with Crippen molar-refractivity contribution in [3.05, 3.63) is 59.7 Å². The van der Waals surface area contributed by atoms with Gasteiger partial charge < -0.3 is 4.74 Å². The van der Waals surface area contributed by atoms with E-state index >= 15 is 0 Å². The van der Waals surface area contributed by atoms with Crippen LogP contribution in [0.3, 0.4) is 0 Å². The van der Waals surface area contributed by atoms with Crippen LogP contribution in [-0.4, -0.2) is 6.29 Å². The van der Waals surface area contributed by atoms with Gasteiger partial charge in [-0.25, -0.2) is 18.6 Å². The molecule has 0 saturated heterocycles. The lowest BCUT2D eigenvalue weighted by molar-refractivity contribution is -2.00. The summed E-state index contributed by atoms with van der Waals surface area (Å²) in [5.74, 6) is 1.54. The summed E-state index contributed by atoms with van der Waals surface area (Å²) in [4.78, 5) is 10.5. The van der Waals surface area contributed by atoms with Crippen molar-refractivity contribution in [2.45, 2.75) is 6.92 Å². The number of hydrogen-bond donors (Lipinski definition) is 0. The molecule has 0 aliphatic rings. The van der Waals surface area contributed by atoms with Crippen molar-refractivity contribution in [2.75, 3.05) is 0 Å². The van der Waals surface area contributed by atoms with Crippen LogP contribution in [0.2, 0.25) is 0 Å². The lowest BCUT2D eigenvalue weighted by Gasteiger charge is -2.17. The fourth-order valence-electron chi connectivity index (χ4n) is 1.43. The standard InChI is InChI=1S/C14H12O2.ClHO4/c1-11-3-2-4-14(9-11)16-13-7-5-12(10-15)6-8-13;2-1(3,4)5/h2-10H,1H3;(H,2,3,4,5)/p-1. The van der Waals surface area contributed by atoms with Gasteiger partial charge in [0.1, 0.15) is 17.8 Å². The van der Waals surface area contributed by atoms with Gasteiger partial charge in [-0.3, -0.25) is 4.79 Å². The van der Waals surface area contributed by atoms with Crippen LogP contribution in [-0.2, 0) is 0 Å². The van der Waals surface area contributed by atoms with E-state index in [0.717, 1.165) is 23.3 Å². The van der Waals surface area contributed by atoms with Crippen molar-refractivity contribution in [3.63, 3.8) is 0 Å². The molecule has 0 bridgehead atoms. The van der Waals surface area contributed by atoms with Gasteiger partial charge >= 0.3 is 0 Å². The monoisotopic (exact) mass is 311 g/mol. The number of rotatable bonds is 3. The van der Waals surface area contributed by atoms with Crippen molar-refractivity contribution in [2.24, 2.45) is 0 Å². The third-order valence-electron chi connectivity index (χ3n) is 2.24. The third-order valence-corrected chi connectivity index (χ3v) is 2.24. The Morgan fingerprint density at radius 3 is 2.00 bits per heavy atom. The smallest absolute Gasteiger partial charge is 0.150 e. The maximum atomic E-state index is 10.5. The number of hydrogen-bond acceptors (Lipinski definition) is 6. The van der Waals surface area contributed by atoms with Crippen LogP contribution in [0.4, 0.5) is 0 Å². The number of aryl methyl sites for hydroxylation is 1. The summed E-state index contributed by atoms with van der Waals surface area (Å²) in [6.07, 6.45) is 0.816. The van der Waals surface area contributed by atoms with Gasteiger partial charge in [0.15, 0.2) is 0 Å². The van der Waals surface area contributed by atoms with E-state index in [1.807, 2.05) is 31.2 Å². The summed E-state index contributed by atoms with van der Waals surface area (Å²) in [6.45, 7) is 2.02. The van der Waals surface area contributed by atoms with Crippen molar-refractivity contribution < 1.29 is 38.4 Å². The highest BCUT2D eigenvalue weighted by molar-refractivity contribution is 5.74. The molecule has 0 spiro atoms. The van der Waals surface area contributed by atoms with Crippen LogP contribution in [0.5, 0.6) is 11.5 Å². The van der Waals surface area contributed by atoms with E-state index in [9.17, 15) is 4.79 Å². The molecule has 0 amide bonds. The molecule has 2 rings (SSSR count). The second kappa shape index (κ2) is 7.72. The largest absolute Gasteiger partial charge is 0.457 e. The SMILES string of the molecule is Cc1cccc(Oc2ccc(C=O)cc2)c1.[O-][Cl+3]([O-])([O-])[O-]. The number of ether oxygens (including phenoxy) is 1. The molecule has 21 heavy (non-hydrogen) atoms. The van der Waals surface area contributed by atoms with E-state index in [1.54, 1.807) is 24.3 Å². The van der Waals surface area contributed by atoms with Crippen LogP contribution < -0.4 is 23.4 Å². The molecule has 0 aliphatic heterocycles. The molecule has 0 saturated carbocycles. The zero-order chi connectivity index (χ0) is 15.9. The first-order valence-electron chi connectivity index (χ1n) is 5.69. The number of aldehydes is 1. The Balaban J connectivity index is 0.000000383. The molecule has 6 nitrogen and oxygen atoms in total. The van der Waals surface area contributed by atoms with E-state index < -0.39 is 10.2 Å². The first-order valence-corrected chi connectivity index (χ1v) is 6.93. The minimum absolute atomic E-state index is 0.650. The topological polar surface area (TPSA) is 119 Å². The molecule has 112 valence electrons. The number of halogens is 1. The van der Waals surface area contributed by atoms with E-state index in [-0.39, 0.29) is 0 Å². The van der Waals surface area contributed by atoms with E-state index in [0.29, 0.717) is 5.56 Å². The van der Waals surface area contributed by atoms with Crippen molar-refractivity contribution in [1.29, 1.82) is 0 Å². The minimum atomic E-state index is -4.94. The molecule has 0 radical (unpaired) electrons. The summed E-state index contributed by atoms with van der Waals surface area (Å²) >= 11 is 0. The maximum Gasteiger partial charge on any atom is 0.150 e. The molecule has 0 fully saturated rings. The van der Waals surface area contributed by atoms with Gasteiger partial charge in [0.25, 0.3) is 0 Å². The molecule has 0 N–H and O–H groups in total. The molecule has 0 aromatic heterocycles. The van der Waals surface area contributed by atoms with Crippen LogP contribution in [0.1, 0.15) is 15.9 Å². The van der Waals surface area contributed by atoms with Gasteiger partial charge in [-0.05, 0) is 48.9 Å². The minimum Gasteiger partial charge on any atom is -0.457 e. The summed E-state index contributed by atoms with van der Waals surface area (Å²) in [6, 6.07) is 14.9. The number of carbonyl (C=O) groups is 1. The highest BCUT2D eigenvalue weighted by Crippen LogP contribution is 2.21. The molecular formula is C14H12ClO6-. The molecule has 0 aliphatic carbocycles. The Bertz CT molecular complexity index is 571. The van der Waals surface area contributed by atoms with E-state index in [1.165, 1.54) is 0 Å². The Morgan fingerprint density at radius 2 is 1.52 bits per heavy atom. The second-order valence-electron chi connectivity index (χ2n) is 3.98. The fourth-order valence-corrected chi connectivity index (χ4v) is 1.43. The molecular weight excluding hydrogens is 300 g/mol. The zero-order valence-electron chi connectivity index (χ0n) is 11.0. The average molecular weight is 312 g/mol. The highest BCUT2D eigenvalue weighted by Gasteiger charge is 1.97. The zero-order valence-corrected chi connectivity index (χ0v) is 11.8. The lowest BCUT2D eigenvalue weighted by Crippen LogP contribution is -2.68. The Hall–Kier alpha value is -1.96. The summed E-state index contributed by atoms with van der Waals surface area (Å²) in [5, 5.41) is 0. The predicted molar refractivity (Wildman–Crippen MR) is 63.1 cm³/mol. The highest BCUT2D eigenvalue weighted by atomic mass is 35.7. The second-order valence-corrected chi connectivity index (χ2v) is 4.74. The van der Waals surface area contributed by atoms with Crippen molar-refractivity contribution in [3.8, 4) is 11.5 Å². The third kappa shape index (κ3) is 8.03. The fraction of sp³-hybridized carbons (Fsp3) is 0.0714. The van der Waals surface area contributed by atoms with Crippen LogP contribution >= 0.6 is 0 Å². The normalized spacial score (nSPS) is 10.3. The van der Waals surface area contributed by atoms with E-state index in [2.05, 4.69) is 0 Å². The van der Waals surface area contributed by atoms with Gasteiger partial charge in [0, 0.05) is 5.56 Å². The van der Waals surface area contributed by atoms with Gasteiger partial charge in [-0.15, -0.1) is 10.2 Å². The molecule has 0 heterocycles. The van der Waals surface area contributed by atoms with E-state index in [4.69, 9.17) is 23.4 Å². The number of carbonyl (C=O) groups excluding carboxylic acids is 1. The molecule has 7 heteroatoms.